The molecule has 2 N–H and O–H groups in total. The number of benzene rings is 1. The van der Waals surface area contributed by atoms with E-state index in [9.17, 15) is 8.42 Å². The smallest absolute Gasteiger partial charge is 0.181 e. The Labute approximate surface area is 83.9 Å². The first-order valence-corrected chi connectivity index (χ1v) is 6.16. The zero-order valence-electron chi connectivity index (χ0n) is 8.03. The van der Waals surface area contributed by atoms with Crippen molar-refractivity contribution in [1.82, 2.24) is 0 Å². The van der Waals surface area contributed by atoms with Crippen LogP contribution in [0.1, 0.15) is 18.4 Å². The van der Waals surface area contributed by atoms with Gasteiger partial charge in [0.1, 0.15) is 0 Å². The van der Waals surface area contributed by atoms with Gasteiger partial charge in [0.05, 0.1) is 10.1 Å². The molecule has 2 rings (SSSR count). The van der Waals surface area contributed by atoms with Gasteiger partial charge in [-0.3, -0.25) is 0 Å². The summed E-state index contributed by atoms with van der Waals surface area (Å²) >= 11 is 0. The van der Waals surface area contributed by atoms with Gasteiger partial charge in [0, 0.05) is 5.69 Å². The summed E-state index contributed by atoms with van der Waals surface area (Å²) in [6, 6.07) is 4.95. The lowest BCUT2D eigenvalue weighted by Crippen LogP contribution is -2.07. The van der Waals surface area contributed by atoms with Gasteiger partial charge in [-0.1, -0.05) is 6.07 Å². The van der Waals surface area contributed by atoms with Crippen LogP contribution in [0.15, 0.2) is 23.1 Å². The largest absolute Gasteiger partial charge is 0.398 e. The molecule has 1 aromatic carbocycles. The Bertz CT molecular complexity index is 461. The lowest BCUT2D eigenvalue weighted by Gasteiger charge is -2.05. The number of aryl methyl sites for hydroxylation is 1. The Hall–Kier alpha value is -1.03. The van der Waals surface area contributed by atoms with Crippen molar-refractivity contribution < 1.29 is 8.42 Å². The van der Waals surface area contributed by atoms with E-state index in [2.05, 4.69) is 0 Å². The van der Waals surface area contributed by atoms with Crippen LogP contribution in [0.4, 0.5) is 5.69 Å². The first-order chi connectivity index (χ1) is 6.51. The predicted octanol–water partition coefficient (Wildman–Crippen LogP) is 1.51. The van der Waals surface area contributed by atoms with E-state index >= 15 is 0 Å². The lowest BCUT2D eigenvalue weighted by molar-refractivity contribution is 0.595. The molecule has 0 bridgehead atoms. The molecule has 0 spiro atoms. The molecule has 1 aliphatic rings. The summed E-state index contributed by atoms with van der Waals surface area (Å²) in [4.78, 5) is 0.364. The second kappa shape index (κ2) is 2.98. The van der Waals surface area contributed by atoms with E-state index in [0.717, 1.165) is 18.4 Å². The molecule has 3 nitrogen and oxygen atoms in total. The highest BCUT2D eigenvalue weighted by molar-refractivity contribution is 7.92. The number of hydrogen-bond donors (Lipinski definition) is 1. The third-order valence-corrected chi connectivity index (χ3v) is 4.80. The molecule has 1 aliphatic carbocycles. The summed E-state index contributed by atoms with van der Waals surface area (Å²) in [5.41, 5.74) is 7.14. The second-order valence-electron chi connectivity index (χ2n) is 3.76. The minimum atomic E-state index is -3.09. The number of anilines is 1. The SMILES string of the molecule is Cc1ccc(S(=O)(=O)C2CC2)cc1N. The third kappa shape index (κ3) is 1.50. The predicted molar refractivity (Wildman–Crippen MR) is 55.8 cm³/mol. The summed E-state index contributed by atoms with van der Waals surface area (Å²) in [6.45, 7) is 1.86. The zero-order chi connectivity index (χ0) is 10.3. The highest BCUT2D eigenvalue weighted by Crippen LogP contribution is 2.34. The number of sulfone groups is 1. The molecular formula is C10H13NO2S. The van der Waals surface area contributed by atoms with Crippen LogP contribution in [0.25, 0.3) is 0 Å². The Morgan fingerprint density at radius 1 is 1.36 bits per heavy atom. The first kappa shape index (κ1) is 9.52. The summed E-state index contributed by atoms with van der Waals surface area (Å²) < 4.78 is 23.6. The zero-order valence-corrected chi connectivity index (χ0v) is 8.84. The van der Waals surface area contributed by atoms with Gasteiger partial charge < -0.3 is 5.73 Å². The van der Waals surface area contributed by atoms with Gasteiger partial charge >= 0.3 is 0 Å². The first-order valence-electron chi connectivity index (χ1n) is 4.62. The topological polar surface area (TPSA) is 60.2 Å². The fourth-order valence-corrected chi connectivity index (χ4v) is 3.06. The van der Waals surface area contributed by atoms with Gasteiger partial charge in [-0.25, -0.2) is 8.42 Å². The highest BCUT2D eigenvalue weighted by Gasteiger charge is 2.36. The van der Waals surface area contributed by atoms with Gasteiger partial charge in [0.25, 0.3) is 0 Å². The molecule has 0 aromatic heterocycles. The molecule has 1 saturated carbocycles. The van der Waals surface area contributed by atoms with E-state index < -0.39 is 9.84 Å². The van der Waals surface area contributed by atoms with Crippen molar-refractivity contribution in [3.05, 3.63) is 23.8 Å². The van der Waals surface area contributed by atoms with Crippen molar-refractivity contribution in [2.75, 3.05) is 5.73 Å². The average molecular weight is 211 g/mol. The van der Waals surface area contributed by atoms with Gasteiger partial charge in [0.2, 0.25) is 0 Å². The van der Waals surface area contributed by atoms with Gasteiger partial charge in [-0.2, -0.15) is 0 Å². The molecule has 0 unspecified atom stereocenters. The Kier molecular flexibility index (Phi) is 2.03. The van der Waals surface area contributed by atoms with Crippen LogP contribution in [0.2, 0.25) is 0 Å². The monoisotopic (exact) mass is 211 g/mol. The molecule has 0 radical (unpaired) electrons. The molecule has 1 fully saturated rings. The van der Waals surface area contributed by atoms with Gasteiger partial charge in [-0.05, 0) is 37.5 Å². The van der Waals surface area contributed by atoms with Crippen molar-refractivity contribution >= 4 is 15.5 Å². The fourth-order valence-electron chi connectivity index (χ4n) is 1.37. The lowest BCUT2D eigenvalue weighted by atomic mass is 10.2. The molecule has 0 saturated heterocycles. The van der Waals surface area contributed by atoms with E-state index in [0.29, 0.717) is 10.6 Å². The van der Waals surface area contributed by atoms with Crippen molar-refractivity contribution in [2.45, 2.75) is 29.9 Å². The van der Waals surface area contributed by atoms with Crippen molar-refractivity contribution in [1.29, 1.82) is 0 Å². The quantitative estimate of drug-likeness (QED) is 0.754. The maximum Gasteiger partial charge on any atom is 0.181 e. The molecule has 0 heterocycles. The highest BCUT2D eigenvalue weighted by atomic mass is 32.2. The molecule has 14 heavy (non-hydrogen) atoms. The normalized spacial score (nSPS) is 16.9. The molecule has 76 valence electrons. The number of hydrogen-bond acceptors (Lipinski definition) is 3. The fraction of sp³-hybridized carbons (Fsp3) is 0.400. The van der Waals surface area contributed by atoms with E-state index in [1.165, 1.54) is 0 Å². The van der Waals surface area contributed by atoms with Crippen LogP contribution in [0.3, 0.4) is 0 Å². The van der Waals surface area contributed by atoms with Crippen LogP contribution in [0.5, 0.6) is 0 Å². The van der Waals surface area contributed by atoms with Crippen LogP contribution < -0.4 is 5.73 Å². The van der Waals surface area contributed by atoms with Crippen molar-refractivity contribution in [3.63, 3.8) is 0 Å². The molecular weight excluding hydrogens is 198 g/mol. The number of nitrogen functional groups attached to an aromatic ring is 1. The van der Waals surface area contributed by atoms with Crippen LogP contribution >= 0.6 is 0 Å². The summed E-state index contributed by atoms with van der Waals surface area (Å²) in [7, 11) is -3.09. The number of rotatable bonds is 2. The Morgan fingerprint density at radius 3 is 2.50 bits per heavy atom. The van der Waals surface area contributed by atoms with Crippen LogP contribution in [-0.4, -0.2) is 13.7 Å². The third-order valence-electron chi connectivity index (χ3n) is 2.54. The standard InChI is InChI=1S/C10H13NO2S/c1-7-2-3-9(6-10(7)11)14(12,13)8-4-5-8/h2-3,6,8H,4-5,11H2,1H3. The molecule has 1 aromatic rings. The maximum absolute atomic E-state index is 11.8. The Morgan fingerprint density at radius 2 is 2.00 bits per heavy atom. The van der Waals surface area contributed by atoms with Crippen molar-refractivity contribution in [2.24, 2.45) is 0 Å². The minimum Gasteiger partial charge on any atom is -0.398 e. The average Bonchev–Trinajstić information content (AvgIpc) is 2.92. The number of nitrogens with two attached hydrogens (primary N) is 1. The molecule has 0 atom stereocenters. The molecule has 0 aliphatic heterocycles. The maximum atomic E-state index is 11.8. The summed E-state index contributed by atoms with van der Waals surface area (Å²) in [5.74, 6) is 0. The minimum absolute atomic E-state index is 0.162. The summed E-state index contributed by atoms with van der Waals surface area (Å²) in [6.07, 6.45) is 1.58. The summed E-state index contributed by atoms with van der Waals surface area (Å²) in [5, 5.41) is -0.162. The van der Waals surface area contributed by atoms with Crippen molar-refractivity contribution in [3.8, 4) is 0 Å². The van der Waals surface area contributed by atoms with Gasteiger partial charge in [-0.15, -0.1) is 0 Å². The van der Waals surface area contributed by atoms with E-state index in [1.54, 1.807) is 18.2 Å². The Balaban J connectivity index is 2.46. The molecule has 4 heteroatoms. The van der Waals surface area contributed by atoms with Crippen LogP contribution in [0, 0.1) is 6.92 Å². The molecule has 0 amide bonds. The van der Waals surface area contributed by atoms with E-state index in [4.69, 9.17) is 5.73 Å². The van der Waals surface area contributed by atoms with Gasteiger partial charge in [0.15, 0.2) is 9.84 Å². The van der Waals surface area contributed by atoms with E-state index in [1.807, 2.05) is 6.92 Å². The van der Waals surface area contributed by atoms with E-state index in [-0.39, 0.29) is 5.25 Å². The second-order valence-corrected chi connectivity index (χ2v) is 5.99. The van der Waals surface area contributed by atoms with Crippen LogP contribution in [-0.2, 0) is 9.84 Å².